The lowest BCUT2D eigenvalue weighted by molar-refractivity contribution is -0.0653. The minimum absolute atomic E-state index is 0.0613. The van der Waals surface area contributed by atoms with Crippen molar-refractivity contribution in [1.29, 1.82) is 0 Å². The Hall–Kier alpha value is -2.51. The molecule has 0 saturated carbocycles. The summed E-state index contributed by atoms with van der Waals surface area (Å²) in [6.45, 7) is 11.8. The maximum absolute atomic E-state index is 12.7. The summed E-state index contributed by atoms with van der Waals surface area (Å²) >= 11 is 0. The van der Waals surface area contributed by atoms with Crippen molar-refractivity contribution in [2.75, 3.05) is 7.05 Å². The van der Waals surface area contributed by atoms with Crippen LogP contribution in [0.4, 0.5) is 4.79 Å². The fourth-order valence-electron chi connectivity index (χ4n) is 3.09. The molecular weight excluding hydrogens is 324 g/mol. The summed E-state index contributed by atoms with van der Waals surface area (Å²) in [6, 6.07) is -0.0613. The van der Waals surface area contributed by atoms with Crippen LogP contribution in [-0.2, 0) is 29.1 Å². The van der Waals surface area contributed by atoms with Crippen molar-refractivity contribution in [3.8, 4) is 0 Å². The van der Waals surface area contributed by atoms with Crippen LogP contribution in [0.15, 0.2) is 12.3 Å². The number of carbonyl (C=O) groups excluding carboxylic acids is 2. The first-order chi connectivity index (χ1) is 11.6. The average molecular weight is 348 g/mol. The van der Waals surface area contributed by atoms with Crippen molar-refractivity contribution in [3.63, 3.8) is 0 Å². The monoisotopic (exact) mass is 348 g/mol. The zero-order chi connectivity index (χ0) is 18.5. The van der Waals surface area contributed by atoms with Gasteiger partial charge in [0, 0.05) is 25.1 Å². The van der Waals surface area contributed by atoms with E-state index in [1.807, 2.05) is 27.7 Å². The molecule has 0 spiro atoms. The zero-order valence-corrected chi connectivity index (χ0v) is 15.3. The quantitative estimate of drug-likeness (QED) is 0.717. The van der Waals surface area contributed by atoms with Crippen molar-refractivity contribution < 1.29 is 19.2 Å². The number of hydrogen-bond acceptors (Lipinski definition) is 5. The Labute approximate surface area is 146 Å². The molecule has 136 valence electrons. The van der Waals surface area contributed by atoms with Gasteiger partial charge in [-0.3, -0.25) is 9.48 Å². The van der Waals surface area contributed by atoms with E-state index < -0.39 is 5.60 Å². The molecule has 25 heavy (non-hydrogen) atoms. The Balaban J connectivity index is 1.96. The van der Waals surface area contributed by atoms with Crippen LogP contribution in [0, 0.1) is 0 Å². The Bertz CT molecular complexity index is 747. The van der Waals surface area contributed by atoms with Gasteiger partial charge in [-0.15, -0.1) is 0 Å². The first kappa shape index (κ1) is 17.3. The molecular formula is C17H24N4O4. The average Bonchev–Trinajstić information content (AvgIpc) is 2.74. The molecule has 2 aliphatic heterocycles. The second-order valence-electron chi connectivity index (χ2n) is 7.53. The Morgan fingerprint density at radius 2 is 2.04 bits per heavy atom. The van der Waals surface area contributed by atoms with Gasteiger partial charge in [0.2, 0.25) is 0 Å². The van der Waals surface area contributed by atoms with Crippen molar-refractivity contribution in [1.82, 2.24) is 19.7 Å². The van der Waals surface area contributed by atoms with Crippen LogP contribution in [-0.4, -0.2) is 50.4 Å². The smallest absolute Gasteiger partial charge is 0.410 e. The number of amides is 2. The van der Waals surface area contributed by atoms with Gasteiger partial charge in [-0.2, -0.15) is 10.2 Å². The van der Waals surface area contributed by atoms with Crippen LogP contribution in [0.25, 0.3) is 0 Å². The fourth-order valence-corrected chi connectivity index (χ4v) is 3.09. The number of allylic oxidation sites excluding steroid dienone is 1. The predicted molar refractivity (Wildman–Crippen MR) is 89.5 cm³/mol. The Morgan fingerprint density at radius 3 is 2.68 bits per heavy atom. The highest BCUT2D eigenvalue weighted by molar-refractivity contribution is 5.94. The molecule has 0 unspecified atom stereocenters. The summed E-state index contributed by atoms with van der Waals surface area (Å²) in [5, 5.41) is 5.71. The first-order valence-corrected chi connectivity index (χ1v) is 8.29. The van der Waals surface area contributed by atoms with Gasteiger partial charge in [0.25, 0.3) is 0 Å². The highest BCUT2D eigenvalue weighted by atomic mass is 16.7. The molecule has 8 heteroatoms. The van der Waals surface area contributed by atoms with Crippen LogP contribution >= 0.6 is 0 Å². The van der Waals surface area contributed by atoms with Gasteiger partial charge in [0.05, 0.1) is 12.2 Å². The summed E-state index contributed by atoms with van der Waals surface area (Å²) in [5.41, 5.74) is 1.45. The van der Waals surface area contributed by atoms with Crippen molar-refractivity contribution in [2.24, 2.45) is 0 Å². The largest absolute Gasteiger partial charge is 0.444 e. The van der Waals surface area contributed by atoms with E-state index >= 15 is 0 Å². The van der Waals surface area contributed by atoms with Gasteiger partial charge in [0.15, 0.2) is 0 Å². The van der Waals surface area contributed by atoms with E-state index in [0.717, 1.165) is 16.3 Å². The summed E-state index contributed by atoms with van der Waals surface area (Å²) in [4.78, 5) is 32.2. The van der Waals surface area contributed by atoms with E-state index in [1.165, 1.54) is 0 Å². The van der Waals surface area contributed by atoms with Crippen molar-refractivity contribution in [2.45, 2.75) is 58.8 Å². The summed E-state index contributed by atoms with van der Waals surface area (Å²) in [5.74, 6) is 0.137. The van der Waals surface area contributed by atoms with E-state index in [1.54, 1.807) is 16.6 Å². The molecule has 0 aromatic carbocycles. The van der Waals surface area contributed by atoms with Crippen LogP contribution in [0.2, 0.25) is 0 Å². The maximum Gasteiger partial charge on any atom is 0.410 e. The van der Waals surface area contributed by atoms with E-state index in [-0.39, 0.29) is 24.6 Å². The van der Waals surface area contributed by atoms with E-state index in [4.69, 9.17) is 9.57 Å². The Morgan fingerprint density at radius 1 is 1.36 bits per heavy atom. The second kappa shape index (κ2) is 5.79. The fraction of sp³-hybridized carbons (Fsp3) is 0.588. The predicted octanol–water partition coefficient (Wildman–Crippen LogP) is 2.10. The number of carbonyl (C=O) groups is 2. The van der Waals surface area contributed by atoms with Crippen molar-refractivity contribution >= 4 is 12.0 Å². The highest BCUT2D eigenvalue weighted by Crippen LogP contribution is 2.29. The standard InChI is InChI=1S/C17H24N4O4/c1-10-7-13-12(9-20(10)16(23)24-17(3,4)5)14-15(22)19(6)25-11(2)8-21(14)18-13/h10H,2,7-9H2,1,3-6H3/t10-/m1/s1. The number of nitrogens with zero attached hydrogens (tertiary/aromatic N) is 4. The van der Waals surface area contributed by atoms with Gasteiger partial charge in [0.1, 0.15) is 23.6 Å². The normalized spacial score (nSPS) is 20.6. The Kier molecular flexibility index (Phi) is 4.01. The molecule has 3 rings (SSSR count). The van der Waals surface area contributed by atoms with Gasteiger partial charge >= 0.3 is 12.0 Å². The molecule has 0 saturated heterocycles. The minimum atomic E-state index is -0.575. The molecule has 2 aliphatic rings. The number of hydroxylamine groups is 2. The van der Waals surface area contributed by atoms with Crippen LogP contribution in [0.5, 0.6) is 0 Å². The molecule has 1 aromatic heterocycles. The molecule has 2 amide bonds. The van der Waals surface area contributed by atoms with E-state index in [9.17, 15) is 9.59 Å². The lowest BCUT2D eigenvalue weighted by Gasteiger charge is -2.34. The third-order valence-corrected chi connectivity index (χ3v) is 4.19. The number of aromatic nitrogens is 2. The van der Waals surface area contributed by atoms with Crippen molar-refractivity contribution in [3.05, 3.63) is 29.3 Å². The van der Waals surface area contributed by atoms with Gasteiger partial charge in [-0.25, -0.2) is 4.79 Å². The number of ether oxygens (including phenoxy) is 1. The lowest BCUT2D eigenvalue weighted by atomic mass is 9.99. The molecule has 0 fully saturated rings. The number of hydrogen-bond donors (Lipinski definition) is 0. The van der Waals surface area contributed by atoms with Crippen LogP contribution in [0.1, 0.15) is 49.4 Å². The molecule has 0 radical (unpaired) electrons. The van der Waals surface area contributed by atoms with Crippen LogP contribution in [0.3, 0.4) is 0 Å². The summed E-state index contributed by atoms with van der Waals surface area (Å²) in [6.07, 6.45) is 0.180. The second-order valence-corrected chi connectivity index (χ2v) is 7.53. The SMILES string of the molecule is C=C1Cn2nc3c(c2C(=O)N(C)O1)CN(C(=O)OC(C)(C)C)[C@H](C)C3. The van der Waals surface area contributed by atoms with Gasteiger partial charge in [-0.1, -0.05) is 6.58 Å². The zero-order valence-electron chi connectivity index (χ0n) is 15.3. The van der Waals surface area contributed by atoms with Gasteiger partial charge < -0.3 is 14.5 Å². The number of fused-ring (bicyclic) bond motifs is 3. The maximum atomic E-state index is 12.7. The molecule has 3 heterocycles. The van der Waals surface area contributed by atoms with Crippen LogP contribution < -0.4 is 0 Å². The molecule has 0 N–H and O–H groups in total. The summed E-state index contributed by atoms with van der Waals surface area (Å²) in [7, 11) is 1.54. The minimum Gasteiger partial charge on any atom is -0.444 e. The summed E-state index contributed by atoms with van der Waals surface area (Å²) < 4.78 is 7.11. The lowest BCUT2D eigenvalue weighted by Crippen LogP contribution is -2.45. The molecule has 0 bridgehead atoms. The topological polar surface area (TPSA) is 76.9 Å². The van der Waals surface area contributed by atoms with E-state index in [0.29, 0.717) is 24.4 Å². The molecule has 8 nitrogen and oxygen atoms in total. The third-order valence-electron chi connectivity index (χ3n) is 4.19. The molecule has 0 aliphatic carbocycles. The first-order valence-electron chi connectivity index (χ1n) is 8.29. The molecule has 1 aromatic rings. The highest BCUT2D eigenvalue weighted by Gasteiger charge is 2.37. The molecule has 1 atom stereocenters. The third kappa shape index (κ3) is 3.20. The number of rotatable bonds is 0. The van der Waals surface area contributed by atoms with Gasteiger partial charge in [-0.05, 0) is 27.7 Å². The van der Waals surface area contributed by atoms with E-state index in [2.05, 4.69) is 11.7 Å².